The Labute approximate surface area is 113 Å². The van der Waals surface area contributed by atoms with Gasteiger partial charge in [0.1, 0.15) is 0 Å². The third kappa shape index (κ3) is 4.52. The van der Waals surface area contributed by atoms with Crippen molar-refractivity contribution >= 4 is 0 Å². The zero-order chi connectivity index (χ0) is 13.4. The quantitative estimate of drug-likeness (QED) is 0.709. The minimum absolute atomic E-state index is 0.518. The van der Waals surface area contributed by atoms with Gasteiger partial charge in [0.2, 0.25) is 0 Å². The van der Waals surface area contributed by atoms with Crippen LogP contribution in [0.3, 0.4) is 0 Å². The van der Waals surface area contributed by atoms with Gasteiger partial charge in [-0.2, -0.15) is 0 Å². The summed E-state index contributed by atoms with van der Waals surface area (Å²) in [5.41, 5.74) is 0. The average molecular weight is 256 g/mol. The average Bonchev–Trinajstić information content (AvgIpc) is 2.57. The predicted molar refractivity (Wildman–Crippen MR) is 78.1 cm³/mol. The molecule has 3 unspecified atom stereocenters. The Morgan fingerprint density at radius 2 is 1.94 bits per heavy atom. The number of likely N-dealkylation sites (N-methyl/N-ethyl adjacent to an activating group) is 2. The topological polar surface area (TPSA) is 24.5 Å². The Morgan fingerprint density at radius 3 is 2.56 bits per heavy atom. The Hall–Kier alpha value is -0.120. The van der Waals surface area contributed by atoms with E-state index in [-0.39, 0.29) is 0 Å². The number of hydrogen-bond donors (Lipinski definition) is 1. The van der Waals surface area contributed by atoms with Crippen molar-refractivity contribution in [2.24, 2.45) is 0 Å². The molecule has 0 heterocycles. The molecule has 1 aliphatic carbocycles. The summed E-state index contributed by atoms with van der Waals surface area (Å²) in [6.45, 7) is 9.83. The second kappa shape index (κ2) is 8.89. The van der Waals surface area contributed by atoms with Gasteiger partial charge < -0.3 is 10.1 Å². The highest BCUT2D eigenvalue weighted by atomic mass is 16.5. The van der Waals surface area contributed by atoms with Crippen LogP contribution >= 0.6 is 0 Å². The molecule has 0 radical (unpaired) electrons. The summed E-state index contributed by atoms with van der Waals surface area (Å²) >= 11 is 0. The van der Waals surface area contributed by atoms with Gasteiger partial charge in [-0.1, -0.05) is 33.1 Å². The molecular weight excluding hydrogens is 224 g/mol. The molecule has 0 bridgehead atoms. The molecule has 1 aliphatic rings. The van der Waals surface area contributed by atoms with Gasteiger partial charge in [-0.15, -0.1) is 0 Å². The van der Waals surface area contributed by atoms with Crippen LogP contribution in [0.2, 0.25) is 0 Å². The van der Waals surface area contributed by atoms with Gasteiger partial charge in [-0.05, 0) is 32.9 Å². The van der Waals surface area contributed by atoms with Crippen LogP contribution < -0.4 is 5.32 Å². The van der Waals surface area contributed by atoms with E-state index in [9.17, 15) is 0 Å². The molecule has 1 fully saturated rings. The Bertz CT molecular complexity index is 211. The second-order valence-electron chi connectivity index (χ2n) is 5.50. The SMILES string of the molecule is CCNC1CCCCCC1N(CC)C(C)COC. The summed E-state index contributed by atoms with van der Waals surface area (Å²) in [4.78, 5) is 2.64. The molecule has 1 saturated carbocycles. The van der Waals surface area contributed by atoms with Crippen LogP contribution in [0.15, 0.2) is 0 Å². The minimum atomic E-state index is 0.518. The number of hydrogen-bond acceptors (Lipinski definition) is 3. The number of methoxy groups -OCH3 is 1. The lowest BCUT2D eigenvalue weighted by molar-refractivity contribution is 0.0560. The zero-order valence-corrected chi connectivity index (χ0v) is 12.7. The highest BCUT2D eigenvalue weighted by Crippen LogP contribution is 2.24. The first-order chi connectivity index (χ1) is 8.74. The highest BCUT2D eigenvalue weighted by molar-refractivity contribution is 4.88. The molecule has 0 amide bonds. The Balaban J connectivity index is 2.70. The van der Waals surface area contributed by atoms with Crippen LogP contribution in [0.5, 0.6) is 0 Å². The van der Waals surface area contributed by atoms with Crippen molar-refractivity contribution in [3.05, 3.63) is 0 Å². The maximum absolute atomic E-state index is 5.34. The van der Waals surface area contributed by atoms with Gasteiger partial charge in [0.25, 0.3) is 0 Å². The van der Waals surface area contributed by atoms with Crippen LogP contribution in [0.1, 0.15) is 52.9 Å². The lowest BCUT2D eigenvalue weighted by Gasteiger charge is -2.39. The van der Waals surface area contributed by atoms with Crippen molar-refractivity contribution in [1.29, 1.82) is 0 Å². The van der Waals surface area contributed by atoms with Crippen LogP contribution in [-0.2, 0) is 4.74 Å². The van der Waals surface area contributed by atoms with Gasteiger partial charge in [-0.3, -0.25) is 4.90 Å². The first-order valence-electron chi connectivity index (χ1n) is 7.72. The van der Waals surface area contributed by atoms with E-state index < -0.39 is 0 Å². The van der Waals surface area contributed by atoms with Gasteiger partial charge in [0.05, 0.1) is 6.61 Å². The van der Waals surface area contributed by atoms with Gasteiger partial charge >= 0.3 is 0 Å². The Kier molecular flexibility index (Phi) is 7.87. The first-order valence-corrected chi connectivity index (χ1v) is 7.72. The van der Waals surface area contributed by atoms with Crippen LogP contribution in [0.25, 0.3) is 0 Å². The van der Waals surface area contributed by atoms with E-state index in [1.165, 1.54) is 32.1 Å². The molecule has 108 valence electrons. The fraction of sp³-hybridized carbons (Fsp3) is 1.00. The van der Waals surface area contributed by atoms with E-state index >= 15 is 0 Å². The summed E-state index contributed by atoms with van der Waals surface area (Å²) in [6, 6.07) is 1.86. The van der Waals surface area contributed by atoms with Crippen molar-refractivity contribution < 1.29 is 4.74 Å². The summed E-state index contributed by atoms with van der Waals surface area (Å²) in [6.07, 6.45) is 6.82. The van der Waals surface area contributed by atoms with E-state index in [2.05, 4.69) is 31.0 Å². The molecule has 1 N–H and O–H groups in total. The molecule has 3 nitrogen and oxygen atoms in total. The van der Waals surface area contributed by atoms with Crippen molar-refractivity contribution in [2.45, 2.75) is 71.0 Å². The van der Waals surface area contributed by atoms with Crippen molar-refractivity contribution in [2.75, 3.05) is 26.8 Å². The van der Waals surface area contributed by atoms with Gasteiger partial charge in [0, 0.05) is 25.2 Å². The molecule has 0 spiro atoms. The normalized spacial score (nSPS) is 27.2. The maximum Gasteiger partial charge on any atom is 0.0615 e. The summed E-state index contributed by atoms with van der Waals surface area (Å²) in [5, 5.41) is 3.70. The molecule has 0 aromatic carbocycles. The molecule has 0 aromatic rings. The molecule has 3 heteroatoms. The van der Waals surface area contributed by atoms with Crippen molar-refractivity contribution in [3.8, 4) is 0 Å². The van der Waals surface area contributed by atoms with E-state index in [1.807, 2.05) is 0 Å². The third-order valence-corrected chi connectivity index (χ3v) is 4.21. The monoisotopic (exact) mass is 256 g/mol. The second-order valence-corrected chi connectivity index (χ2v) is 5.50. The number of rotatable bonds is 7. The minimum Gasteiger partial charge on any atom is -0.383 e. The summed E-state index contributed by atoms with van der Waals surface area (Å²) in [5.74, 6) is 0. The molecule has 0 aromatic heterocycles. The predicted octanol–water partition coefficient (Wildman–Crippen LogP) is 2.65. The zero-order valence-electron chi connectivity index (χ0n) is 12.7. The summed E-state index contributed by atoms with van der Waals surface area (Å²) in [7, 11) is 1.80. The van der Waals surface area contributed by atoms with E-state index in [0.29, 0.717) is 18.1 Å². The fourth-order valence-electron chi connectivity index (χ4n) is 3.40. The van der Waals surface area contributed by atoms with Gasteiger partial charge in [0.15, 0.2) is 0 Å². The van der Waals surface area contributed by atoms with E-state index in [4.69, 9.17) is 4.74 Å². The van der Waals surface area contributed by atoms with Crippen LogP contribution in [-0.4, -0.2) is 49.8 Å². The molecule has 18 heavy (non-hydrogen) atoms. The Morgan fingerprint density at radius 1 is 1.22 bits per heavy atom. The lowest BCUT2D eigenvalue weighted by atomic mass is 9.99. The number of nitrogens with zero attached hydrogens (tertiary/aromatic N) is 1. The smallest absolute Gasteiger partial charge is 0.0615 e. The maximum atomic E-state index is 5.34. The highest BCUT2D eigenvalue weighted by Gasteiger charge is 2.30. The largest absolute Gasteiger partial charge is 0.383 e. The number of ether oxygens (including phenoxy) is 1. The van der Waals surface area contributed by atoms with Crippen molar-refractivity contribution in [1.82, 2.24) is 10.2 Å². The van der Waals surface area contributed by atoms with Crippen molar-refractivity contribution in [3.63, 3.8) is 0 Å². The van der Waals surface area contributed by atoms with E-state index in [1.54, 1.807) is 7.11 Å². The van der Waals surface area contributed by atoms with Crippen LogP contribution in [0, 0.1) is 0 Å². The van der Waals surface area contributed by atoms with Gasteiger partial charge in [-0.25, -0.2) is 0 Å². The lowest BCUT2D eigenvalue weighted by Crippen LogP contribution is -2.53. The molecule has 1 rings (SSSR count). The number of nitrogens with one attached hydrogen (secondary N) is 1. The van der Waals surface area contributed by atoms with E-state index in [0.717, 1.165) is 19.7 Å². The molecule has 0 saturated heterocycles. The summed E-state index contributed by atoms with van der Waals surface area (Å²) < 4.78 is 5.34. The molecule has 3 atom stereocenters. The first kappa shape index (κ1) is 15.9. The van der Waals surface area contributed by atoms with Crippen LogP contribution in [0.4, 0.5) is 0 Å². The third-order valence-electron chi connectivity index (χ3n) is 4.21. The fourth-order valence-corrected chi connectivity index (χ4v) is 3.40. The molecular formula is C15H32N2O. The standard InChI is InChI=1S/C15H32N2O/c1-5-16-14-10-8-7-9-11-15(14)17(6-2)13(3)12-18-4/h13-16H,5-12H2,1-4H3. The molecule has 0 aliphatic heterocycles.